The van der Waals surface area contributed by atoms with Gasteiger partial charge >= 0.3 is 5.97 Å². The van der Waals surface area contributed by atoms with Gasteiger partial charge in [-0.3, -0.25) is 4.79 Å². The van der Waals surface area contributed by atoms with E-state index in [2.05, 4.69) is 5.32 Å². The van der Waals surface area contributed by atoms with Crippen LogP contribution in [0.5, 0.6) is 0 Å². The lowest BCUT2D eigenvalue weighted by molar-refractivity contribution is -0.149. The summed E-state index contributed by atoms with van der Waals surface area (Å²) in [5.41, 5.74) is -0.836. The Morgan fingerprint density at radius 2 is 2.15 bits per heavy atom. The molecule has 0 spiro atoms. The van der Waals surface area contributed by atoms with Gasteiger partial charge in [-0.1, -0.05) is 0 Å². The van der Waals surface area contributed by atoms with Crippen molar-refractivity contribution >= 4 is 5.97 Å². The predicted octanol–water partition coefficient (Wildman–Crippen LogP) is 0.0541. The van der Waals surface area contributed by atoms with Gasteiger partial charge in [0.1, 0.15) is 0 Å². The summed E-state index contributed by atoms with van der Waals surface area (Å²) in [4.78, 5) is 11.1. The minimum absolute atomic E-state index is 0.127. The topological polar surface area (TPSA) is 58.6 Å². The van der Waals surface area contributed by atoms with Crippen LogP contribution in [-0.4, -0.2) is 36.4 Å². The summed E-state index contributed by atoms with van der Waals surface area (Å²) < 4.78 is 4.79. The number of carbonyl (C=O) groups is 1. The molecule has 0 aromatic carbocycles. The van der Waals surface area contributed by atoms with Gasteiger partial charge in [-0.25, -0.2) is 0 Å². The van der Waals surface area contributed by atoms with Crippen molar-refractivity contribution < 1.29 is 14.6 Å². The maximum atomic E-state index is 11.1. The number of hydrogen-bond donors (Lipinski definition) is 2. The first-order valence-corrected chi connectivity index (χ1v) is 4.75. The van der Waals surface area contributed by atoms with E-state index in [0.717, 1.165) is 13.1 Å². The van der Waals surface area contributed by atoms with Crippen LogP contribution in [0.3, 0.4) is 0 Å². The summed E-state index contributed by atoms with van der Waals surface area (Å²) in [5.74, 6) is -0.299. The fourth-order valence-electron chi connectivity index (χ4n) is 1.55. The first-order chi connectivity index (χ1) is 6.16. The summed E-state index contributed by atoms with van der Waals surface area (Å²) in [7, 11) is 0. The molecule has 1 heterocycles. The van der Waals surface area contributed by atoms with E-state index in [-0.39, 0.29) is 12.4 Å². The zero-order valence-corrected chi connectivity index (χ0v) is 8.01. The van der Waals surface area contributed by atoms with E-state index in [1.165, 1.54) is 0 Å². The Bertz CT molecular complexity index is 176. The number of nitrogens with one attached hydrogen (secondary N) is 1. The molecule has 0 atom stereocenters. The monoisotopic (exact) mass is 187 g/mol. The van der Waals surface area contributed by atoms with Crippen molar-refractivity contribution in [3.63, 3.8) is 0 Å². The fourth-order valence-corrected chi connectivity index (χ4v) is 1.55. The minimum atomic E-state index is -0.836. The number of piperidine rings is 1. The third-order valence-electron chi connectivity index (χ3n) is 2.31. The van der Waals surface area contributed by atoms with Gasteiger partial charge in [0.05, 0.1) is 18.6 Å². The van der Waals surface area contributed by atoms with Crippen molar-refractivity contribution in [2.75, 3.05) is 19.7 Å². The molecule has 2 N–H and O–H groups in total. The molecule has 0 bridgehead atoms. The molecule has 0 aliphatic carbocycles. The predicted molar refractivity (Wildman–Crippen MR) is 48.3 cm³/mol. The number of aliphatic hydroxyl groups is 1. The van der Waals surface area contributed by atoms with Gasteiger partial charge in [-0.2, -0.15) is 0 Å². The maximum Gasteiger partial charge on any atom is 0.308 e. The highest BCUT2D eigenvalue weighted by molar-refractivity contribution is 5.70. The van der Waals surface area contributed by atoms with Crippen molar-refractivity contribution in [2.45, 2.75) is 31.8 Å². The van der Waals surface area contributed by atoms with Crippen LogP contribution < -0.4 is 5.32 Å². The molecular weight excluding hydrogens is 170 g/mol. The normalized spacial score (nSPS) is 21.1. The Hall–Kier alpha value is -0.610. The van der Waals surface area contributed by atoms with Crippen LogP contribution in [0.4, 0.5) is 0 Å². The lowest BCUT2D eigenvalue weighted by Crippen LogP contribution is -2.43. The first-order valence-electron chi connectivity index (χ1n) is 4.75. The number of ether oxygens (including phenoxy) is 1. The lowest BCUT2D eigenvalue weighted by Gasteiger charge is -2.31. The fraction of sp³-hybridized carbons (Fsp3) is 0.889. The molecule has 0 aromatic rings. The number of carbonyl (C=O) groups excluding carboxylic acids is 1. The third-order valence-corrected chi connectivity index (χ3v) is 2.31. The second-order valence-electron chi connectivity index (χ2n) is 3.46. The van der Waals surface area contributed by atoms with E-state index in [0.29, 0.717) is 19.4 Å². The summed E-state index contributed by atoms with van der Waals surface area (Å²) >= 11 is 0. The van der Waals surface area contributed by atoms with E-state index in [1.54, 1.807) is 6.92 Å². The Kier molecular flexibility index (Phi) is 3.69. The quantitative estimate of drug-likeness (QED) is 0.613. The van der Waals surface area contributed by atoms with E-state index < -0.39 is 5.60 Å². The highest BCUT2D eigenvalue weighted by atomic mass is 16.5. The average molecular weight is 187 g/mol. The second-order valence-corrected chi connectivity index (χ2v) is 3.46. The molecule has 1 rings (SSSR count). The highest BCUT2D eigenvalue weighted by Crippen LogP contribution is 2.22. The molecule has 0 saturated carbocycles. The lowest BCUT2D eigenvalue weighted by atomic mass is 9.89. The van der Waals surface area contributed by atoms with Gasteiger partial charge in [0.25, 0.3) is 0 Å². The Morgan fingerprint density at radius 3 is 2.69 bits per heavy atom. The van der Waals surface area contributed by atoms with Crippen LogP contribution in [0.25, 0.3) is 0 Å². The molecule has 4 nitrogen and oxygen atoms in total. The highest BCUT2D eigenvalue weighted by Gasteiger charge is 2.32. The molecule has 1 aliphatic rings. The summed E-state index contributed by atoms with van der Waals surface area (Å²) in [6, 6.07) is 0. The first kappa shape index (κ1) is 10.5. The Morgan fingerprint density at radius 1 is 1.54 bits per heavy atom. The van der Waals surface area contributed by atoms with E-state index in [1.807, 2.05) is 0 Å². The smallest absolute Gasteiger partial charge is 0.308 e. The summed E-state index contributed by atoms with van der Waals surface area (Å²) in [6.45, 7) is 3.70. The van der Waals surface area contributed by atoms with Crippen molar-refractivity contribution in [3.8, 4) is 0 Å². The number of hydrogen-bond acceptors (Lipinski definition) is 4. The van der Waals surface area contributed by atoms with Crippen LogP contribution >= 0.6 is 0 Å². The standard InChI is InChI=1S/C9H17NO3/c1-2-13-8(11)7-9(12)3-5-10-6-4-9/h10,12H,2-7H2,1H3. The van der Waals surface area contributed by atoms with Gasteiger partial charge in [0.2, 0.25) is 0 Å². The van der Waals surface area contributed by atoms with Crippen LogP contribution in [0, 0.1) is 0 Å². The van der Waals surface area contributed by atoms with Gasteiger partial charge in [-0.15, -0.1) is 0 Å². The van der Waals surface area contributed by atoms with Gasteiger partial charge in [0, 0.05) is 0 Å². The van der Waals surface area contributed by atoms with Crippen molar-refractivity contribution in [2.24, 2.45) is 0 Å². The molecule has 1 aliphatic heterocycles. The zero-order chi connectivity index (χ0) is 9.73. The Labute approximate surface area is 78.3 Å². The van der Waals surface area contributed by atoms with Crippen molar-refractivity contribution in [1.29, 1.82) is 0 Å². The second kappa shape index (κ2) is 4.58. The van der Waals surface area contributed by atoms with Crippen molar-refractivity contribution in [3.05, 3.63) is 0 Å². The molecule has 1 fully saturated rings. The molecule has 0 unspecified atom stereocenters. The summed E-state index contributed by atoms with van der Waals surface area (Å²) in [6.07, 6.45) is 1.39. The SMILES string of the molecule is CCOC(=O)CC1(O)CCNCC1. The van der Waals surface area contributed by atoms with E-state index in [4.69, 9.17) is 4.74 Å². The van der Waals surface area contributed by atoms with Crippen LogP contribution in [0.2, 0.25) is 0 Å². The van der Waals surface area contributed by atoms with Gasteiger partial charge < -0.3 is 15.2 Å². The molecule has 13 heavy (non-hydrogen) atoms. The van der Waals surface area contributed by atoms with Crippen LogP contribution in [-0.2, 0) is 9.53 Å². The molecule has 0 radical (unpaired) electrons. The largest absolute Gasteiger partial charge is 0.466 e. The average Bonchev–Trinajstić information content (AvgIpc) is 2.04. The summed E-state index contributed by atoms with van der Waals surface area (Å²) in [5, 5.41) is 13.1. The van der Waals surface area contributed by atoms with E-state index >= 15 is 0 Å². The van der Waals surface area contributed by atoms with Crippen LogP contribution in [0.1, 0.15) is 26.2 Å². The van der Waals surface area contributed by atoms with Gasteiger partial charge in [0.15, 0.2) is 0 Å². The molecule has 76 valence electrons. The molecule has 4 heteroatoms. The van der Waals surface area contributed by atoms with Crippen LogP contribution in [0.15, 0.2) is 0 Å². The number of esters is 1. The third kappa shape index (κ3) is 3.32. The molecule has 0 amide bonds. The maximum absolute atomic E-state index is 11.1. The molecule has 1 saturated heterocycles. The molecule has 0 aromatic heterocycles. The zero-order valence-electron chi connectivity index (χ0n) is 8.01. The van der Waals surface area contributed by atoms with Crippen molar-refractivity contribution in [1.82, 2.24) is 5.32 Å². The molecular formula is C9H17NO3. The van der Waals surface area contributed by atoms with E-state index in [9.17, 15) is 9.90 Å². The minimum Gasteiger partial charge on any atom is -0.466 e. The van der Waals surface area contributed by atoms with Gasteiger partial charge in [-0.05, 0) is 32.9 Å². The number of rotatable bonds is 3. The Balaban J connectivity index is 2.36.